The molecule has 0 aliphatic rings. The van der Waals surface area contributed by atoms with Gasteiger partial charge in [0.25, 0.3) is 5.91 Å². The van der Waals surface area contributed by atoms with Crippen LogP contribution in [0.3, 0.4) is 0 Å². The Morgan fingerprint density at radius 2 is 2.32 bits per heavy atom. The minimum absolute atomic E-state index is 0.231. The first-order valence-corrected chi connectivity index (χ1v) is 6.00. The lowest BCUT2D eigenvalue weighted by Gasteiger charge is -2.12. The molecule has 6 heteroatoms. The van der Waals surface area contributed by atoms with Gasteiger partial charge in [-0.05, 0) is 25.1 Å². The van der Waals surface area contributed by atoms with E-state index in [2.05, 4.69) is 15.5 Å². The molecule has 19 heavy (non-hydrogen) atoms. The number of nitrogens with zero attached hydrogens (tertiary/aromatic N) is 1. The minimum Gasteiger partial charge on any atom is -0.491 e. The molecular weight excluding hydrogens is 244 g/mol. The molecule has 2 rings (SSSR count). The molecule has 0 aliphatic carbocycles. The van der Waals surface area contributed by atoms with Crippen molar-refractivity contribution in [3.05, 3.63) is 41.7 Å². The lowest BCUT2D eigenvalue weighted by atomic mass is 10.1. The number of amides is 1. The van der Waals surface area contributed by atoms with Gasteiger partial charge < -0.3 is 15.8 Å². The molecule has 1 aromatic carbocycles. The third-order valence-corrected chi connectivity index (χ3v) is 2.58. The number of para-hydroxylation sites is 1. The van der Waals surface area contributed by atoms with E-state index in [-0.39, 0.29) is 5.91 Å². The van der Waals surface area contributed by atoms with E-state index in [0.717, 1.165) is 5.69 Å². The van der Waals surface area contributed by atoms with Crippen molar-refractivity contribution in [2.24, 2.45) is 0 Å². The van der Waals surface area contributed by atoms with E-state index in [1.807, 2.05) is 6.92 Å². The Bertz CT molecular complexity index is 552. The van der Waals surface area contributed by atoms with Gasteiger partial charge in [0.05, 0.1) is 30.1 Å². The molecule has 0 bridgehead atoms. The third-order valence-electron chi connectivity index (χ3n) is 2.58. The molecule has 2 aromatic rings. The Morgan fingerprint density at radius 1 is 1.47 bits per heavy atom. The Labute approximate surface area is 111 Å². The van der Waals surface area contributed by atoms with E-state index in [1.54, 1.807) is 30.5 Å². The molecule has 0 aliphatic heterocycles. The highest BCUT2D eigenvalue weighted by Crippen LogP contribution is 2.26. The average Bonchev–Trinajstić information content (AvgIpc) is 2.92. The lowest BCUT2D eigenvalue weighted by Crippen LogP contribution is -2.24. The van der Waals surface area contributed by atoms with Crippen molar-refractivity contribution in [2.75, 3.05) is 12.3 Å². The zero-order valence-electron chi connectivity index (χ0n) is 10.6. The summed E-state index contributed by atoms with van der Waals surface area (Å²) in [4.78, 5) is 12.1. The van der Waals surface area contributed by atoms with Crippen molar-refractivity contribution in [1.82, 2.24) is 15.5 Å². The van der Waals surface area contributed by atoms with E-state index in [0.29, 0.717) is 30.2 Å². The molecule has 0 fully saturated rings. The topological polar surface area (TPSA) is 93.0 Å². The van der Waals surface area contributed by atoms with Gasteiger partial charge in [-0.3, -0.25) is 9.89 Å². The Hall–Kier alpha value is -2.50. The van der Waals surface area contributed by atoms with Crippen LogP contribution in [-0.2, 0) is 6.54 Å². The van der Waals surface area contributed by atoms with Crippen LogP contribution in [0.25, 0.3) is 0 Å². The Morgan fingerprint density at radius 3 is 3.00 bits per heavy atom. The van der Waals surface area contributed by atoms with Crippen molar-refractivity contribution in [2.45, 2.75) is 13.5 Å². The quantitative estimate of drug-likeness (QED) is 0.707. The summed E-state index contributed by atoms with van der Waals surface area (Å²) in [6.45, 7) is 2.67. The van der Waals surface area contributed by atoms with Crippen molar-refractivity contribution >= 4 is 11.6 Å². The van der Waals surface area contributed by atoms with Gasteiger partial charge in [-0.2, -0.15) is 5.10 Å². The summed E-state index contributed by atoms with van der Waals surface area (Å²) in [7, 11) is 0. The number of anilines is 1. The zero-order valence-corrected chi connectivity index (χ0v) is 10.6. The number of hydrogen-bond donors (Lipinski definition) is 3. The van der Waals surface area contributed by atoms with Gasteiger partial charge in [-0.25, -0.2) is 0 Å². The van der Waals surface area contributed by atoms with E-state index < -0.39 is 0 Å². The van der Waals surface area contributed by atoms with Crippen molar-refractivity contribution in [1.29, 1.82) is 0 Å². The van der Waals surface area contributed by atoms with Gasteiger partial charge in [-0.15, -0.1) is 0 Å². The van der Waals surface area contributed by atoms with E-state index in [1.165, 1.54) is 0 Å². The molecule has 1 heterocycles. The number of H-pyrrole nitrogens is 1. The molecule has 0 unspecified atom stereocenters. The first kappa shape index (κ1) is 12.9. The molecule has 1 amide bonds. The van der Waals surface area contributed by atoms with Gasteiger partial charge in [-0.1, -0.05) is 6.07 Å². The molecule has 0 radical (unpaired) electrons. The molecule has 6 nitrogen and oxygen atoms in total. The van der Waals surface area contributed by atoms with Crippen LogP contribution in [-0.4, -0.2) is 22.7 Å². The fraction of sp³-hybridized carbons (Fsp3) is 0.231. The smallest absolute Gasteiger partial charge is 0.255 e. The standard InChI is InChI=1S/C13H16N4O2/c1-2-19-12-10(4-3-5-11(12)14)13(18)15-8-9-6-7-16-17-9/h3-7H,2,8,14H2,1H3,(H,15,18)(H,16,17). The molecule has 100 valence electrons. The fourth-order valence-electron chi connectivity index (χ4n) is 1.69. The van der Waals surface area contributed by atoms with Crippen molar-refractivity contribution in [3.63, 3.8) is 0 Å². The molecule has 0 spiro atoms. The predicted molar refractivity (Wildman–Crippen MR) is 71.8 cm³/mol. The van der Waals surface area contributed by atoms with Gasteiger partial charge in [0.2, 0.25) is 0 Å². The maximum absolute atomic E-state index is 12.1. The number of carbonyl (C=O) groups is 1. The van der Waals surface area contributed by atoms with Gasteiger partial charge in [0.15, 0.2) is 5.75 Å². The molecule has 1 aromatic heterocycles. The molecule has 0 atom stereocenters. The van der Waals surface area contributed by atoms with Gasteiger partial charge in [0.1, 0.15) is 0 Å². The minimum atomic E-state index is -0.231. The predicted octanol–water partition coefficient (Wildman–Crippen LogP) is 1.32. The van der Waals surface area contributed by atoms with Crippen LogP contribution in [0, 0.1) is 0 Å². The normalized spacial score (nSPS) is 10.2. The number of rotatable bonds is 5. The summed E-state index contributed by atoms with van der Waals surface area (Å²) >= 11 is 0. The number of aromatic amines is 1. The first-order valence-electron chi connectivity index (χ1n) is 6.00. The third kappa shape index (κ3) is 3.04. The number of aromatic nitrogens is 2. The van der Waals surface area contributed by atoms with E-state index in [9.17, 15) is 4.79 Å². The summed E-state index contributed by atoms with van der Waals surface area (Å²) < 4.78 is 5.42. The van der Waals surface area contributed by atoms with Crippen LogP contribution in [0.15, 0.2) is 30.5 Å². The second kappa shape index (κ2) is 5.90. The molecular formula is C13H16N4O2. The van der Waals surface area contributed by atoms with Gasteiger partial charge >= 0.3 is 0 Å². The first-order chi connectivity index (χ1) is 9.22. The maximum atomic E-state index is 12.1. The van der Waals surface area contributed by atoms with Crippen LogP contribution < -0.4 is 15.8 Å². The number of nitrogen functional groups attached to an aromatic ring is 1. The molecule has 0 saturated heterocycles. The van der Waals surface area contributed by atoms with Crippen LogP contribution in [0.4, 0.5) is 5.69 Å². The number of benzene rings is 1. The van der Waals surface area contributed by atoms with E-state index >= 15 is 0 Å². The second-order valence-corrected chi connectivity index (χ2v) is 3.92. The lowest BCUT2D eigenvalue weighted by molar-refractivity contribution is 0.0946. The van der Waals surface area contributed by atoms with Crippen LogP contribution in [0.1, 0.15) is 23.0 Å². The molecule has 4 N–H and O–H groups in total. The highest BCUT2D eigenvalue weighted by atomic mass is 16.5. The number of ether oxygens (including phenoxy) is 1. The van der Waals surface area contributed by atoms with Crippen molar-refractivity contribution in [3.8, 4) is 5.75 Å². The Kier molecular flexibility index (Phi) is 4.02. The summed E-state index contributed by atoms with van der Waals surface area (Å²) in [5, 5.41) is 9.37. The van der Waals surface area contributed by atoms with Crippen LogP contribution >= 0.6 is 0 Å². The number of nitrogens with one attached hydrogen (secondary N) is 2. The second-order valence-electron chi connectivity index (χ2n) is 3.92. The maximum Gasteiger partial charge on any atom is 0.255 e. The number of hydrogen-bond acceptors (Lipinski definition) is 4. The SMILES string of the molecule is CCOc1c(N)cccc1C(=O)NCc1ccn[nH]1. The molecule has 0 saturated carbocycles. The highest BCUT2D eigenvalue weighted by Gasteiger charge is 2.14. The highest BCUT2D eigenvalue weighted by molar-refractivity contribution is 5.98. The number of carbonyl (C=O) groups excluding carboxylic acids is 1. The number of nitrogens with two attached hydrogens (primary N) is 1. The summed E-state index contributed by atoms with van der Waals surface area (Å²) in [5.41, 5.74) is 7.53. The summed E-state index contributed by atoms with van der Waals surface area (Å²) in [5.74, 6) is 0.192. The summed E-state index contributed by atoms with van der Waals surface area (Å²) in [6.07, 6.45) is 1.63. The Balaban J connectivity index is 2.12. The zero-order chi connectivity index (χ0) is 13.7. The van der Waals surface area contributed by atoms with Crippen LogP contribution in [0.5, 0.6) is 5.75 Å². The fourth-order valence-corrected chi connectivity index (χ4v) is 1.69. The monoisotopic (exact) mass is 260 g/mol. The van der Waals surface area contributed by atoms with Crippen LogP contribution in [0.2, 0.25) is 0 Å². The van der Waals surface area contributed by atoms with E-state index in [4.69, 9.17) is 10.5 Å². The van der Waals surface area contributed by atoms with Crippen molar-refractivity contribution < 1.29 is 9.53 Å². The largest absolute Gasteiger partial charge is 0.491 e. The average molecular weight is 260 g/mol. The summed E-state index contributed by atoms with van der Waals surface area (Å²) in [6, 6.07) is 6.91. The van der Waals surface area contributed by atoms with Gasteiger partial charge in [0, 0.05) is 6.20 Å².